The van der Waals surface area contributed by atoms with Crippen LogP contribution in [-0.2, 0) is 9.53 Å². The number of allylic oxidation sites excluding steroid dienone is 1. The molecule has 0 unspecified atom stereocenters. The molecule has 0 aromatic heterocycles. The van der Waals surface area contributed by atoms with Crippen molar-refractivity contribution in [3.05, 3.63) is 36.9 Å². The molecule has 0 saturated heterocycles. The monoisotopic (exact) mass is 369 g/mol. The molecule has 0 bridgehead atoms. The first-order chi connectivity index (χ1) is 11.6. The molecule has 4 nitrogen and oxygen atoms in total. The third-order valence-corrected chi connectivity index (χ3v) is 5.04. The lowest BCUT2D eigenvalue weighted by atomic mass is 10.1. The molecule has 0 atom stereocenters. The van der Waals surface area contributed by atoms with Gasteiger partial charge >= 0.3 is 5.97 Å². The Morgan fingerprint density at radius 1 is 1.28 bits per heavy atom. The number of benzene rings is 1. The summed E-state index contributed by atoms with van der Waals surface area (Å²) in [5.41, 5.74) is -0.685. The first-order valence-electron chi connectivity index (χ1n) is 7.98. The predicted molar refractivity (Wildman–Crippen MR) is 99.0 cm³/mol. The van der Waals surface area contributed by atoms with E-state index in [1.54, 1.807) is 12.1 Å². The molecule has 0 fully saturated rings. The third-order valence-electron chi connectivity index (χ3n) is 3.34. The van der Waals surface area contributed by atoms with E-state index in [1.165, 1.54) is 19.2 Å². The number of esters is 1. The molecule has 0 amide bonds. The van der Waals surface area contributed by atoms with Gasteiger partial charge in [0.2, 0.25) is 0 Å². The highest BCUT2D eigenvalue weighted by atomic mass is 28.3. The Balaban J connectivity index is 3.04. The van der Waals surface area contributed by atoms with Crippen LogP contribution in [0, 0.1) is 0 Å². The quantitative estimate of drug-likeness (QED) is 0.270. The van der Waals surface area contributed by atoms with E-state index in [-0.39, 0.29) is 12.3 Å². The van der Waals surface area contributed by atoms with Gasteiger partial charge in [-0.05, 0) is 30.3 Å². The molecule has 0 heterocycles. The van der Waals surface area contributed by atoms with Gasteiger partial charge in [0.1, 0.15) is 5.75 Å². The van der Waals surface area contributed by atoms with Crippen LogP contribution in [0.25, 0.3) is 0 Å². The number of methoxy groups -OCH3 is 1. The van der Waals surface area contributed by atoms with Gasteiger partial charge in [0, 0.05) is 14.5 Å². The number of nitrogens with zero attached hydrogens (tertiary/aromatic N) is 1. The molecular weight excluding hydrogens is 344 g/mol. The lowest BCUT2D eigenvalue weighted by Gasteiger charge is -2.18. The van der Waals surface area contributed by atoms with Gasteiger partial charge in [0.25, 0.3) is 5.92 Å². The average molecular weight is 369 g/mol. The summed E-state index contributed by atoms with van der Waals surface area (Å²) in [5.74, 6) is -3.98. The van der Waals surface area contributed by atoms with Crippen LogP contribution in [0.5, 0.6) is 5.75 Å². The van der Waals surface area contributed by atoms with Crippen LogP contribution >= 0.6 is 0 Å². The second kappa shape index (κ2) is 8.89. The molecule has 1 aromatic carbocycles. The van der Waals surface area contributed by atoms with E-state index < -0.39 is 32.1 Å². The van der Waals surface area contributed by atoms with Crippen LogP contribution < -0.4 is 4.74 Å². The molecular formula is C18H25F2NO3Si. The maximum atomic E-state index is 14.3. The summed E-state index contributed by atoms with van der Waals surface area (Å²) in [7, 11) is 0.0586. The number of alkyl halides is 2. The minimum absolute atomic E-state index is 0.111. The molecule has 0 aliphatic carbocycles. The van der Waals surface area contributed by atoms with E-state index >= 15 is 0 Å². The second-order valence-corrected chi connectivity index (χ2v) is 12.4. The van der Waals surface area contributed by atoms with Gasteiger partial charge < -0.3 is 9.47 Å². The number of hydrogen-bond acceptors (Lipinski definition) is 4. The minimum atomic E-state index is -3.45. The highest BCUT2D eigenvalue weighted by Crippen LogP contribution is 2.26. The summed E-state index contributed by atoms with van der Waals surface area (Å²) < 4.78 is 38.7. The fourth-order valence-corrected chi connectivity index (χ4v) is 2.57. The number of aliphatic imine (C=N–C) groups is 1. The van der Waals surface area contributed by atoms with Crippen molar-refractivity contribution < 1.29 is 23.0 Å². The third kappa shape index (κ3) is 7.17. The first-order valence-corrected chi connectivity index (χ1v) is 11.7. The van der Waals surface area contributed by atoms with E-state index in [0.29, 0.717) is 11.8 Å². The Hall–Kier alpha value is -2.02. The van der Waals surface area contributed by atoms with Crippen LogP contribution in [0.2, 0.25) is 25.7 Å². The molecule has 0 spiro atoms. The average Bonchev–Trinajstić information content (AvgIpc) is 2.51. The topological polar surface area (TPSA) is 47.9 Å². The highest BCUT2D eigenvalue weighted by Gasteiger charge is 2.40. The molecule has 7 heteroatoms. The summed E-state index contributed by atoms with van der Waals surface area (Å²) in [6, 6.07) is 6.86. The van der Waals surface area contributed by atoms with Crippen molar-refractivity contribution >= 4 is 25.4 Å². The van der Waals surface area contributed by atoms with E-state index in [9.17, 15) is 13.6 Å². The zero-order chi connectivity index (χ0) is 19.1. The molecule has 0 aliphatic heterocycles. The van der Waals surface area contributed by atoms with Gasteiger partial charge in [-0.15, -0.1) is 6.58 Å². The molecule has 138 valence electrons. The van der Waals surface area contributed by atoms with E-state index in [1.807, 2.05) is 0 Å². The van der Waals surface area contributed by atoms with Crippen molar-refractivity contribution in [2.75, 3.05) is 13.7 Å². The second-order valence-electron chi connectivity index (χ2n) is 6.80. The van der Waals surface area contributed by atoms with Crippen molar-refractivity contribution in [3.8, 4) is 5.75 Å². The van der Waals surface area contributed by atoms with Crippen molar-refractivity contribution in [1.29, 1.82) is 0 Å². The van der Waals surface area contributed by atoms with Gasteiger partial charge in [-0.1, -0.05) is 25.7 Å². The molecule has 0 radical (unpaired) electrons. The summed E-state index contributed by atoms with van der Waals surface area (Å²) in [6.07, 6.45) is 0.365. The zero-order valence-corrected chi connectivity index (χ0v) is 16.1. The maximum Gasteiger partial charge on any atom is 0.359 e. The molecule has 0 saturated carbocycles. The van der Waals surface area contributed by atoms with E-state index in [0.717, 1.165) is 6.08 Å². The molecule has 0 aliphatic rings. The van der Waals surface area contributed by atoms with Gasteiger partial charge in [-0.25, -0.2) is 9.79 Å². The highest BCUT2D eigenvalue weighted by molar-refractivity contribution is 6.76. The standard InChI is InChI=1S/C18H25F2NO3Si/c1-6-11-18(19,20)16(17(22)24-12-13-25(3,4)5)21-14-7-9-15(23-2)10-8-14/h6-10H,1,11-13H2,2-5H3. The summed E-state index contributed by atoms with van der Waals surface area (Å²) >= 11 is 0. The van der Waals surface area contributed by atoms with Crippen molar-refractivity contribution in [1.82, 2.24) is 0 Å². The Bertz CT molecular complexity index is 622. The Morgan fingerprint density at radius 2 is 1.88 bits per heavy atom. The lowest BCUT2D eigenvalue weighted by Crippen LogP contribution is -2.36. The summed E-state index contributed by atoms with van der Waals surface area (Å²) in [5, 5.41) is 0. The molecule has 1 aromatic rings. The number of carbonyl (C=O) groups excluding carboxylic acids is 1. The Labute approximate surface area is 148 Å². The first kappa shape index (κ1) is 21.0. The fourth-order valence-electron chi connectivity index (χ4n) is 1.86. The van der Waals surface area contributed by atoms with Crippen LogP contribution in [0.1, 0.15) is 6.42 Å². The predicted octanol–water partition coefficient (Wildman–Crippen LogP) is 4.86. The SMILES string of the molecule is C=CCC(F)(F)C(=Nc1ccc(OC)cc1)C(=O)OCC[Si](C)(C)C. The van der Waals surface area contributed by atoms with Crippen molar-refractivity contribution in [2.45, 2.75) is 38.0 Å². The lowest BCUT2D eigenvalue weighted by molar-refractivity contribution is -0.136. The summed E-state index contributed by atoms with van der Waals surface area (Å²) in [4.78, 5) is 16.0. The number of rotatable bonds is 9. The largest absolute Gasteiger partial charge is 0.497 e. The van der Waals surface area contributed by atoms with Gasteiger partial charge in [0.05, 0.1) is 19.4 Å². The molecule has 1 rings (SSSR count). The van der Waals surface area contributed by atoms with Crippen LogP contribution in [-0.4, -0.2) is 39.4 Å². The van der Waals surface area contributed by atoms with Gasteiger partial charge in [0.15, 0.2) is 5.71 Å². The normalized spacial score (nSPS) is 12.6. The van der Waals surface area contributed by atoms with Crippen molar-refractivity contribution in [2.24, 2.45) is 4.99 Å². The van der Waals surface area contributed by atoms with Crippen LogP contribution in [0.3, 0.4) is 0 Å². The zero-order valence-electron chi connectivity index (χ0n) is 15.1. The molecule has 0 N–H and O–H groups in total. The van der Waals surface area contributed by atoms with Crippen LogP contribution in [0.15, 0.2) is 41.9 Å². The Morgan fingerprint density at radius 3 is 2.36 bits per heavy atom. The molecule has 25 heavy (non-hydrogen) atoms. The fraction of sp³-hybridized carbons (Fsp3) is 0.444. The smallest absolute Gasteiger partial charge is 0.359 e. The number of halogens is 2. The van der Waals surface area contributed by atoms with E-state index in [4.69, 9.17) is 9.47 Å². The minimum Gasteiger partial charge on any atom is -0.497 e. The van der Waals surface area contributed by atoms with Gasteiger partial charge in [-0.3, -0.25) is 0 Å². The maximum absolute atomic E-state index is 14.3. The Kier molecular flexibility index (Phi) is 7.48. The number of hydrogen-bond donors (Lipinski definition) is 0. The van der Waals surface area contributed by atoms with Crippen molar-refractivity contribution in [3.63, 3.8) is 0 Å². The van der Waals surface area contributed by atoms with Crippen LogP contribution in [0.4, 0.5) is 14.5 Å². The number of carbonyl (C=O) groups is 1. The summed E-state index contributed by atoms with van der Waals surface area (Å²) in [6.45, 7) is 9.76. The van der Waals surface area contributed by atoms with E-state index in [2.05, 4.69) is 31.2 Å². The number of ether oxygens (including phenoxy) is 2. The van der Waals surface area contributed by atoms with Gasteiger partial charge in [-0.2, -0.15) is 8.78 Å².